The third kappa shape index (κ3) is 4.03. The van der Waals surface area contributed by atoms with Crippen molar-refractivity contribution >= 4 is 29.4 Å². The third-order valence-electron chi connectivity index (χ3n) is 3.37. The quantitative estimate of drug-likeness (QED) is 0.498. The van der Waals surface area contributed by atoms with Crippen molar-refractivity contribution in [2.24, 2.45) is 0 Å². The molecule has 1 amide bonds. The highest BCUT2D eigenvalue weighted by atomic mass is 32.2. The summed E-state index contributed by atoms with van der Waals surface area (Å²) < 4.78 is 4.92. The molecular weight excluding hydrogens is 328 g/mol. The van der Waals surface area contributed by atoms with Gasteiger partial charge in [-0.1, -0.05) is 23.9 Å². The summed E-state index contributed by atoms with van der Waals surface area (Å²) in [7, 11) is 0. The number of carbonyl (C=O) groups is 3. The lowest BCUT2D eigenvalue weighted by Crippen LogP contribution is -2.24. The summed E-state index contributed by atoms with van der Waals surface area (Å²) in [6.07, 6.45) is 0.430. The van der Waals surface area contributed by atoms with Crippen LogP contribution in [0.3, 0.4) is 0 Å². The first kappa shape index (κ1) is 17.8. The van der Waals surface area contributed by atoms with Gasteiger partial charge < -0.3 is 10.1 Å². The van der Waals surface area contributed by atoms with Crippen LogP contribution in [0, 0.1) is 11.3 Å². The Hall–Kier alpha value is -2.59. The van der Waals surface area contributed by atoms with Crippen molar-refractivity contribution in [1.29, 1.82) is 5.26 Å². The molecular formula is C17H16N2O4S. The summed E-state index contributed by atoms with van der Waals surface area (Å²) in [4.78, 5) is 35.0. The molecule has 1 aliphatic heterocycles. The normalized spacial score (nSPS) is 18.5. The number of benzene rings is 1. The molecule has 7 heteroatoms. The smallest absolute Gasteiger partial charge is 0.338 e. The molecule has 0 saturated carbocycles. The molecule has 124 valence electrons. The third-order valence-corrected chi connectivity index (χ3v) is 4.57. The fourth-order valence-corrected chi connectivity index (χ4v) is 3.36. The molecule has 0 aliphatic carbocycles. The van der Waals surface area contributed by atoms with E-state index in [1.54, 1.807) is 31.2 Å². The number of amides is 1. The van der Waals surface area contributed by atoms with E-state index in [-0.39, 0.29) is 23.2 Å². The Kier molecular flexibility index (Phi) is 5.77. The minimum atomic E-state index is -0.420. The Morgan fingerprint density at radius 3 is 2.54 bits per heavy atom. The van der Waals surface area contributed by atoms with Gasteiger partial charge in [0.05, 0.1) is 22.4 Å². The van der Waals surface area contributed by atoms with Crippen molar-refractivity contribution in [2.75, 3.05) is 6.61 Å². The van der Waals surface area contributed by atoms with Crippen LogP contribution in [0.2, 0.25) is 0 Å². The summed E-state index contributed by atoms with van der Waals surface area (Å²) in [6.45, 7) is 3.34. The highest BCUT2D eigenvalue weighted by molar-refractivity contribution is 8.04. The van der Waals surface area contributed by atoms with Crippen LogP contribution in [-0.4, -0.2) is 29.5 Å². The first-order valence-corrected chi connectivity index (χ1v) is 8.23. The second-order valence-electron chi connectivity index (χ2n) is 5.09. The number of Topliss-reactive ketones (excluding diaryl/α,β-unsaturated/α-hetero) is 1. The standard InChI is InChI=1S/C17H16N2O4S/c1-3-23-17(22)12-6-4-11(5-7-12)8-14-15(21)19-16(24-14)13(9-18)10(2)20/h4-7,14H,3,8H2,1-2H3,(H,19,21)/b16-13-/t14-/m1/s1. The number of esters is 1. The van der Waals surface area contributed by atoms with Gasteiger partial charge in [-0.15, -0.1) is 0 Å². The molecule has 1 N–H and O–H groups in total. The molecule has 0 bridgehead atoms. The van der Waals surface area contributed by atoms with Gasteiger partial charge in [0.15, 0.2) is 5.78 Å². The SMILES string of the molecule is CCOC(=O)c1ccc(C[C@H]2S/C(=C(/C#N)C(C)=O)NC2=O)cc1. The van der Waals surface area contributed by atoms with Gasteiger partial charge in [-0.2, -0.15) is 5.26 Å². The fraction of sp³-hybridized carbons (Fsp3) is 0.294. The van der Waals surface area contributed by atoms with Gasteiger partial charge in [-0.05, 0) is 38.0 Å². The number of carbonyl (C=O) groups excluding carboxylic acids is 3. The minimum absolute atomic E-state index is 0.0338. The molecule has 0 radical (unpaired) electrons. The number of hydrogen-bond donors (Lipinski definition) is 1. The first-order valence-electron chi connectivity index (χ1n) is 7.35. The van der Waals surface area contributed by atoms with Crippen molar-refractivity contribution in [2.45, 2.75) is 25.5 Å². The average Bonchev–Trinajstić information content (AvgIpc) is 2.89. The zero-order valence-corrected chi connectivity index (χ0v) is 14.1. The maximum atomic E-state index is 12.0. The van der Waals surface area contributed by atoms with E-state index in [4.69, 9.17) is 10.00 Å². The van der Waals surface area contributed by atoms with E-state index < -0.39 is 5.25 Å². The molecule has 0 spiro atoms. The molecule has 1 atom stereocenters. The number of thioether (sulfide) groups is 1. The molecule has 6 nitrogen and oxygen atoms in total. The van der Waals surface area contributed by atoms with E-state index in [9.17, 15) is 14.4 Å². The lowest BCUT2D eigenvalue weighted by atomic mass is 10.1. The lowest BCUT2D eigenvalue weighted by molar-refractivity contribution is -0.119. The van der Waals surface area contributed by atoms with Crippen LogP contribution < -0.4 is 5.32 Å². The number of rotatable bonds is 5. The van der Waals surface area contributed by atoms with Crippen LogP contribution >= 0.6 is 11.8 Å². The maximum absolute atomic E-state index is 12.0. The Morgan fingerprint density at radius 1 is 1.33 bits per heavy atom. The monoisotopic (exact) mass is 344 g/mol. The number of allylic oxidation sites excluding steroid dienone is 1. The van der Waals surface area contributed by atoms with Crippen LogP contribution in [0.25, 0.3) is 0 Å². The summed E-state index contributed by atoms with van der Waals surface area (Å²) >= 11 is 1.18. The largest absolute Gasteiger partial charge is 0.462 e. The molecule has 1 aromatic carbocycles. The molecule has 1 aromatic rings. The Morgan fingerprint density at radius 2 is 2.00 bits per heavy atom. The van der Waals surface area contributed by atoms with Crippen molar-refractivity contribution in [3.8, 4) is 6.07 Å². The molecule has 1 heterocycles. The number of nitrogens with zero attached hydrogens (tertiary/aromatic N) is 1. The van der Waals surface area contributed by atoms with Crippen LogP contribution in [-0.2, 0) is 20.7 Å². The number of ketones is 1. The predicted molar refractivity (Wildman–Crippen MR) is 88.9 cm³/mol. The summed E-state index contributed by atoms with van der Waals surface area (Å²) in [5.41, 5.74) is 1.29. The summed E-state index contributed by atoms with van der Waals surface area (Å²) in [6, 6.07) is 8.65. The maximum Gasteiger partial charge on any atom is 0.338 e. The van der Waals surface area contributed by atoms with Crippen molar-refractivity contribution in [3.05, 3.63) is 46.0 Å². The Labute approximate surface area is 143 Å². The van der Waals surface area contributed by atoms with Crippen LogP contribution in [0.4, 0.5) is 0 Å². The van der Waals surface area contributed by atoms with Crippen LogP contribution in [0.1, 0.15) is 29.8 Å². The van der Waals surface area contributed by atoms with Gasteiger partial charge in [0.25, 0.3) is 0 Å². The first-order chi connectivity index (χ1) is 11.5. The minimum Gasteiger partial charge on any atom is -0.462 e. The number of nitrogens with one attached hydrogen (secondary N) is 1. The average molecular weight is 344 g/mol. The summed E-state index contributed by atoms with van der Waals surface area (Å²) in [5, 5.41) is 11.5. The molecule has 0 aromatic heterocycles. The van der Waals surface area contributed by atoms with Gasteiger partial charge in [-0.3, -0.25) is 9.59 Å². The van der Waals surface area contributed by atoms with E-state index in [1.165, 1.54) is 18.7 Å². The molecule has 2 rings (SSSR count). The molecule has 0 unspecified atom stereocenters. The van der Waals surface area contributed by atoms with Gasteiger partial charge in [0.1, 0.15) is 11.6 Å². The van der Waals surface area contributed by atoms with E-state index in [2.05, 4.69) is 5.32 Å². The Bertz CT molecular complexity index is 747. The van der Waals surface area contributed by atoms with E-state index >= 15 is 0 Å². The van der Waals surface area contributed by atoms with E-state index in [1.807, 2.05) is 6.07 Å². The number of nitriles is 1. The van der Waals surface area contributed by atoms with E-state index in [0.29, 0.717) is 23.6 Å². The number of hydrogen-bond acceptors (Lipinski definition) is 6. The lowest BCUT2D eigenvalue weighted by Gasteiger charge is -2.07. The second-order valence-corrected chi connectivity index (χ2v) is 6.30. The van der Waals surface area contributed by atoms with Gasteiger partial charge in [-0.25, -0.2) is 4.79 Å². The molecule has 24 heavy (non-hydrogen) atoms. The van der Waals surface area contributed by atoms with Gasteiger partial charge in [0.2, 0.25) is 5.91 Å². The highest BCUT2D eigenvalue weighted by Gasteiger charge is 2.32. The van der Waals surface area contributed by atoms with Crippen LogP contribution in [0.15, 0.2) is 34.9 Å². The zero-order chi connectivity index (χ0) is 17.7. The highest BCUT2D eigenvalue weighted by Crippen LogP contribution is 2.31. The fourth-order valence-electron chi connectivity index (χ4n) is 2.17. The summed E-state index contributed by atoms with van der Waals surface area (Å²) in [5.74, 6) is -0.999. The van der Waals surface area contributed by atoms with Crippen molar-refractivity contribution in [1.82, 2.24) is 5.32 Å². The van der Waals surface area contributed by atoms with Crippen molar-refractivity contribution < 1.29 is 19.1 Å². The topological polar surface area (TPSA) is 96.3 Å². The number of ether oxygens (including phenoxy) is 1. The van der Waals surface area contributed by atoms with Gasteiger partial charge in [0, 0.05) is 0 Å². The molecule has 1 saturated heterocycles. The zero-order valence-electron chi connectivity index (χ0n) is 13.3. The molecule has 1 aliphatic rings. The van der Waals surface area contributed by atoms with Crippen molar-refractivity contribution in [3.63, 3.8) is 0 Å². The van der Waals surface area contributed by atoms with Gasteiger partial charge >= 0.3 is 5.97 Å². The van der Waals surface area contributed by atoms with Crippen LogP contribution in [0.5, 0.6) is 0 Å². The molecule has 1 fully saturated rings. The Balaban J connectivity index is 2.09. The van der Waals surface area contributed by atoms with E-state index in [0.717, 1.165) is 5.56 Å². The predicted octanol–water partition coefficient (Wildman–Crippen LogP) is 1.96. The second kappa shape index (κ2) is 7.79.